The molecule has 4 nitrogen and oxygen atoms in total. The molecule has 0 saturated carbocycles. The molecule has 0 spiro atoms. The summed E-state index contributed by atoms with van der Waals surface area (Å²) in [4.78, 5) is 13.6. The lowest BCUT2D eigenvalue weighted by molar-refractivity contribution is -0.274. The third-order valence-corrected chi connectivity index (χ3v) is 2.85. The molecule has 1 fully saturated rings. The Bertz CT molecular complexity index is 465. The number of nitrogens with zero attached hydrogens (tertiary/aromatic N) is 1. The number of benzene rings is 1. The molecule has 8 heteroatoms. The molecule has 1 atom stereocenters. The Balaban J connectivity index is 0.00000200. The number of likely N-dealkylation sites (tertiary alicyclic amines) is 1. The molecular formula is C12H14ClF3N2O2. The van der Waals surface area contributed by atoms with Gasteiger partial charge < -0.3 is 15.4 Å². The largest absolute Gasteiger partial charge is 0.573 e. The van der Waals surface area contributed by atoms with Gasteiger partial charge in [-0.3, -0.25) is 4.79 Å². The van der Waals surface area contributed by atoms with Gasteiger partial charge in [0.05, 0.1) is 0 Å². The number of rotatable bonds is 2. The summed E-state index contributed by atoms with van der Waals surface area (Å²) in [5, 5.41) is 0. The SMILES string of the molecule is Cl.N[C@H]1CCN(C(=O)c2ccc(OC(F)(F)F)cc2)C1. The lowest BCUT2D eigenvalue weighted by Gasteiger charge is -2.16. The second-order valence-corrected chi connectivity index (χ2v) is 4.37. The van der Waals surface area contributed by atoms with E-state index < -0.39 is 6.36 Å². The van der Waals surface area contributed by atoms with Crippen LogP contribution >= 0.6 is 12.4 Å². The van der Waals surface area contributed by atoms with Crippen molar-refractivity contribution in [3.63, 3.8) is 0 Å². The topological polar surface area (TPSA) is 55.6 Å². The molecular weight excluding hydrogens is 297 g/mol. The highest BCUT2D eigenvalue weighted by Gasteiger charge is 2.31. The predicted octanol–water partition coefficient (Wildman–Crippen LogP) is 2.18. The van der Waals surface area contributed by atoms with Crippen molar-refractivity contribution in [1.29, 1.82) is 0 Å². The number of carbonyl (C=O) groups excluding carboxylic acids is 1. The Morgan fingerprint density at radius 1 is 1.30 bits per heavy atom. The van der Waals surface area contributed by atoms with Crippen LogP contribution in [0.4, 0.5) is 13.2 Å². The lowest BCUT2D eigenvalue weighted by atomic mass is 10.2. The number of nitrogens with two attached hydrogens (primary N) is 1. The Morgan fingerprint density at radius 3 is 2.35 bits per heavy atom. The van der Waals surface area contributed by atoms with Gasteiger partial charge >= 0.3 is 6.36 Å². The van der Waals surface area contributed by atoms with E-state index in [1.54, 1.807) is 4.90 Å². The van der Waals surface area contributed by atoms with E-state index in [-0.39, 0.29) is 30.1 Å². The number of ether oxygens (including phenoxy) is 1. The summed E-state index contributed by atoms with van der Waals surface area (Å²) in [6, 6.07) is 4.84. The summed E-state index contributed by atoms with van der Waals surface area (Å²) in [7, 11) is 0. The Morgan fingerprint density at radius 2 is 1.90 bits per heavy atom. The van der Waals surface area contributed by atoms with E-state index >= 15 is 0 Å². The van der Waals surface area contributed by atoms with E-state index in [1.807, 2.05) is 0 Å². The molecule has 1 aliphatic heterocycles. The predicted molar refractivity (Wildman–Crippen MR) is 68.9 cm³/mol. The van der Waals surface area contributed by atoms with Crippen molar-refractivity contribution in [2.24, 2.45) is 5.73 Å². The molecule has 1 aromatic rings. The monoisotopic (exact) mass is 310 g/mol. The minimum absolute atomic E-state index is 0. The minimum atomic E-state index is -4.73. The molecule has 112 valence electrons. The van der Waals surface area contributed by atoms with Crippen molar-refractivity contribution in [3.05, 3.63) is 29.8 Å². The van der Waals surface area contributed by atoms with Gasteiger partial charge in [0.1, 0.15) is 5.75 Å². The summed E-state index contributed by atoms with van der Waals surface area (Å²) in [6.45, 7) is 1.04. The van der Waals surface area contributed by atoms with Crippen molar-refractivity contribution in [2.45, 2.75) is 18.8 Å². The van der Waals surface area contributed by atoms with Gasteiger partial charge in [-0.15, -0.1) is 25.6 Å². The Labute approximate surface area is 120 Å². The van der Waals surface area contributed by atoms with Crippen molar-refractivity contribution < 1.29 is 22.7 Å². The van der Waals surface area contributed by atoms with E-state index in [0.717, 1.165) is 18.6 Å². The summed E-state index contributed by atoms with van der Waals surface area (Å²) >= 11 is 0. The van der Waals surface area contributed by atoms with E-state index in [4.69, 9.17) is 5.73 Å². The minimum Gasteiger partial charge on any atom is -0.406 e. The molecule has 2 N–H and O–H groups in total. The molecule has 20 heavy (non-hydrogen) atoms. The van der Waals surface area contributed by atoms with Gasteiger partial charge in [-0.1, -0.05) is 0 Å². The van der Waals surface area contributed by atoms with Gasteiger partial charge in [-0.2, -0.15) is 0 Å². The van der Waals surface area contributed by atoms with Gasteiger partial charge in [0.15, 0.2) is 0 Å². The lowest BCUT2D eigenvalue weighted by Crippen LogP contribution is -2.31. The molecule has 1 heterocycles. The first-order chi connectivity index (χ1) is 8.85. The number of hydrogen-bond acceptors (Lipinski definition) is 3. The zero-order valence-electron chi connectivity index (χ0n) is 10.4. The van der Waals surface area contributed by atoms with Gasteiger partial charge in [-0.25, -0.2) is 0 Å². The van der Waals surface area contributed by atoms with Crippen LogP contribution in [0.3, 0.4) is 0 Å². The number of amides is 1. The van der Waals surface area contributed by atoms with Crippen molar-refractivity contribution in [3.8, 4) is 5.75 Å². The molecule has 0 radical (unpaired) electrons. The van der Waals surface area contributed by atoms with Crippen LogP contribution in [0.1, 0.15) is 16.8 Å². The van der Waals surface area contributed by atoms with Crippen LogP contribution in [0, 0.1) is 0 Å². The van der Waals surface area contributed by atoms with Crippen LogP contribution < -0.4 is 10.5 Å². The van der Waals surface area contributed by atoms with Gasteiger partial charge in [0.25, 0.3) is 5.91 Å². The zero-order chi connectivity index (χ0) is 14.0. The summed E-state index contributed by atoms with van der Waals surface area (Å²) in [5.74, 6) is -0.575. The van der Waals surface area contributed by atoms with Crippen molar-refractivity contribution >= 4 is 18.3 Å². The van der Waals surface area contributed by atoms with Crippen LogP contribution in [-0.4, -0.2) is 36.3 Å². The summed E-state index contributed by atoms with van der Waals surface area (Å²) < 4.78 is 39.7. The molecule has 1 saturated heterocycles. The number of halogens is 4. The molecule has 0 aliphatic carbocycles. The van der Waals surface area contributed by atoms with E-state index in [0.29, 0.717) is 18.7 Å². The Hall–Kier alpha value is -1.47. The van der Waals surface area contributed by atoms with Crippen LogP contribution in [0.5, 0.6) is 5.75 Å². The van der Waals surface area contributed by atoms with Gasteiger partial charge in [-0.05, 0) is 30.7 Å². The number of alkyl halides is 3. The average molecular weight is 311 g/mol. The third-order valence-electron chi connectivity index (χ3n) is 2.85. The highest BCUT2D eigenvalue weighted by Crippen LogP contribution is 2.23. The van der Waals surface area contributed by atoms with Crippen molar-refractivity contribution in [2.75, 3.05) is 13.1 Å². The Kier molecular flexibility index (Phi) is 5.24. The van der Waals surface area contributed by atoms with E-state index in [1.165, 1.54) is 12.1 Å². The van der Waals surface area contributed by atoms with E-state index in [2.05, 4.69) is 4.74 Å². The number of carbonyl (C=O) groups is 1. The molecule has 1 aliphatic rings. The molecule has 2 rings (SSSR count). The second kappa shape index (κ2) is 6.32. The highest BCUT2D eigenvalue weighted by molar-refractivity contribution is 5.94. The first-order valence-corrected chi connectivity index (χ1v) is 5.76. The maximum atomic E-state index is 12.0. The fourth-order valence-corrected chi connectivity index (χ4v) is 1.95. The first-order valence-electron chi connectivity index (χ1n) is 5.76. The maximum absolute atomic E-state index is 12.0. The smallest absolute Gasteiger partial charge is 0.406 e. The zero-order valence-corrected chi connectivity index (χ0v) is 11.2. The molecule has 0 bridgehead atoms. The average Bonchev–Trinajstić information content (AvgIpc) is 2.74. The summed E-state index contributed by atoms with van der Waals surface area (Å²) in [5.41, 5.74) is 6.02. The van der Waals surface area contributed by atoms with E-state index in [9.17, 15) is 18.0 Å². The standard InChI is InChI=1S/C12H13F3N2O2.ClH/c13-12(14,15)19-10-3-1-8(2-4-10)11(18)17-6-5-9(16)7-17;/h1-4,9H,5-7,16H2;1H/t9-;/m0./s1. The fraction of sp³-hybridized carbons (Fsp3) is 0.417. The molecule has 1 aromatic carbocycles. The van der Waals surface area contributed by atoms with Gasteiger partial charge in [0, 0.05) is 24.7 Å². The number of hydrogen-bond donors (Lipinski definition) is 1. The first kappa shape index (κ1) is 16.6. The molecule has 1 amide bonds. The fourth-order valence-electron chi connectivity index (χ4n) is 1.95. The maximum Gasteiger partial charge on any atom is 0.573 e. The quantitative estimate of drug-likeness (QED) is 0.911. The summed E-state index contributed by atoms with van der Waals surface area (Å²) in [6.07, 6.45) is -3.99. The normalized spacial score (nSPS) is 18.6. The molecule has 0 aromatic heterocycles. The second-order valence-electron chi connectivity index (χ2n) is 4.37. The third kappa shape index (κ3) is 4.28. The van der Waals surface area contributed by atoms with Crippen LogP contribution in [0.2, 0.25) is 0 Å². The van der Waals surface area contributed by atoms with Gasteiger partial charge in [0.2, 0.25) is 0 Å². The molecule has 0 unspecified atom stereocenters. The highest BCUT2D eigenvalue weighted by atomic mass is 35.5. The van der Waals surface area contributed by atoms with Crippen LogP contribution in [0.15, 0.2) is 24.3 Å². The van der Waals surface area contributed by atoms with Crippen LogP contribution in [-0.2, 0) is 0 Å². The van der Waals surface area contributed by atoms with Crippen LogP contribution in [0.25, 0.3) is 0 Å². The van der Waals surface area contributed by atoms with Crippen molar-refractivity contribution in [1.82, 2.24) is 4.90 Å².